The molecular formula is C14H17F2N3O2. The molecule has 1 fully saturated rings. The Morgan fingerprint density at radius 1 is 1.10 bits per heavy atom. The van der Waals surface area contributed by atoms with Gasteiger partial charge in [0.25, 0.3) is 5.91 Å². The van der Waals surface area contributed by atoms with Crippen LogP contribution in [0.25, 0.3) is 0 Å². The fourth-order valence-electron chi connectivity index (χ4n) is 2.25. The number of halogens is 2. The van der Waals surface area contributed by atoms with Crippen LogP contribution in [0.5, 0.6) is 0 Å². The summed E-state index contributed by atoms with van der Waals surface area (Å²) in [6.07, 6.45) is 0. The molecule has 1 aromatic rings. The molecule has 1 N–H and O–H groups in total. The number of amides is 2. The van der Waals surface area contributed by atoms with Crippen molar-refractivity contribution < 1.29 is 18.4 Å². The Hall–Kier alpha value is -2.02. The standard InChI is InChI=1S/C14H17F2N3O2/c1-17-13(20)9-18-2-4-19(5-3-18)14(21)10-6-11(15)8-12(16)7-10/h6-8H,2-5,9H2,1H3,(H,17,20). The molecule has 1 aliphatic rings. The maximum absolute atomic E-state index is 13.1. The van der Waals surface area contributed by atoms with E-state index in [-0.39, 0.29) is 18.0 Å². The monoisotopic (exact) mass is 297 g/mol. The van der Waals surface area contributed by atoms with Crippen LogP contribution in [0.4, 0.5) is 8.78 Å². The van der Waals surface area contributed by atoms with Gasteiger partial charge in [-0.1, -0.05) is 0 Å². The lowest BCUT2D eigenvalue weighted by Gasteiger charge is -2.34. The van der Waals surface area contributed by atoms with Gasteiger partial charge in [0.2, 0.25) is 5.91 Å². The summed E-state index contributed by atoms with van der Waals surface area (Å²) >= 11 is 0. The van der Waals surface area contributed by atoms with Crippen LogP contribution in [0.2, 0.25) is 0 Å². The van der Waals surface area contributed by atoms with Gasteiger partial charge >= 0.3 is 0 Å². The van der Waals surface area contributed by atoms with Crippen molar-refractivity contribution >= 4 is 11.8 Å². The molecule has 1 aliphatic heterocycles. The molecule has 0 saturated carbocycles. The van der Waals surface area contributed by atoms with Crippen molar-refractivity contribution in [3.8, 4) is 0 Å². The highest BCUT2D eigenvalue weighted by Crippen LogP contribution is 2.12. The first-order chi connectivity index (χ1) is 9.99. The van der Waals surface area contributed by atoms with Gasteiger partial charge in [-0.3, -0.25) is 14.5 Å². The number of benzene rings is 1. The Morgan fingerprint density at radius 3 is 2.19 bits per heavy atom. The smallest absolute Gasteiger partial charge is 0.254 e. The van der Waals surface area contributed by atoms with Gasteiger partial charge in [-0.05, 0) is 12.1 Å². The predicted octanol–water partition coefficient (Wildman–Crippen LogP) is 0.469. The number of carbonyl (C=O) groups excluding carboxylic acids is 2. The molecule has 0 bridgehead atoms. The van der Waals surface area contributed by atoms with Crippen LogP contribution in [-0.2, 0) is 4.79 Å². The molecule has 0 atom stereocenters. The number of hydrogen-bond acceptors (Lipinski definition) is 3. The van der Waals surface area contributed by atoms with Crippen molar-refractivity contribution in [2.75, 3.05) is 39.8 Å². The van der Waals surface area contributed by atoms with Crippen molar-refractivity contribution in [1.82, 2.24) is 15.1 Å². The Balaban J connectivity index is 1.95. The van der Waals surface area contributed by atoms with Gasteiger partial charge in [0.1, 0.15) is 11.6 Å². The van der Waals surface area contributed by atoms with E-state index in [0.717, 1.165) is 18.2 Å². The normalized spacial score (nSPS) is 15.9. The average molecular weight is 297 g/mol. The van der Waals surface area contributed by atoms with E-state index in [4.69, 9.17) is 0 Å². The molecule has 114 valence electrons. The molecule has 7 heteroatoms. The van der Waals surface area contributed by atoms with E-state index in [2.05, 4.69) is 5.32 Å². The molecule has 5 nitrogen and oxygen atoms in total. The number of piperazine rings is 1. The highest BCUT2D eigenvalue weighted by atomic mass is 19.1. The van der Waals surface area contributed by atoms with Gasteiger partial charge in [0.15, 0.2) is 0 Å². The van der Waals surface area contributed by atoms with Crippen LogP contribution < -0.4 is 5.32 Å². The first-order valence-electron chi connectivity index (χ1n) is 6.68. The third-order valence-electron chi connectivity index (χ3n) is 3.42. The van der Waals surface area contributed by atoms with Crippen LogP contribution in [0, 0.1) is 11.6 Å². The zero-order valence-corrected chi connectivity index (χ0v) is 11.7. The summed E-state index contributed by atoms with van der Waals surface area (Å²) in [5.74, 6) is -2.01. The highest BCUT2D eigenvalue weighted by molar-refractivity contribution is 5.94. The molecule has 0 spiro atoms. The summed E-state index contributed by atoms with van der Waals surface area (Å²) in [4.78, 5) is 26.9. The fraction of sp³-hybridized carbons (Fsp3) is 0.429. The maximum atomic E-state index is 13.1. The second-order valence-electron chi connectivity index (χ2n) is 4.90. The Bertz CT molecular complexity index is 523. The van der Waals surface area contributed by atoms with Gasteiger partial charge in [-0.25, -0.2) is 8.78 Å². The van der Waals surface area contributed by atoms with Crippen molar-refractivity contribution in [3.05, 3.63) is 35.4 Å². The van der Waals surface area contributed by atoms with E-state index in [1.54, 1.807) is 7.05 Å². The third-order valence-corrected chi connectivity index (χ3v) is 3.42. The fourth-order valence-corrected chi connectivity index (χ4v) is 2.25. The van der Waals surface area contributed by atoms with E-state index in [9.17, 15) is 18.4 Å². The van der Waals surface area contributed by atoms with Crippen molar-refractivity contribution in [2.45, 2.75) is 0 Å². The molecule has 0 aromatic heterocycles. The van der Waals surface area contributed by atoms with Crippen LogP contribution in [-0.4, -0.2) is 61.4 Å². The molecule has 0 unspecified atom stereocenters. The SMILES string of the molecule is CNC(=O)CN1CCN(C(=O)c2cc(F)cc(F)c2)CC1. The number of likely N-dealkylation sites (N-methyl/N-ethyl adjacent to an activating group) is 1. The van der Waals surface area contributed by atoms with E-state index in [1.165, 1.54) is 4.90 Å². The van der Waals surface area contributed by atoms with Gasteiger partial charge in [-0.15, -0.1) is 0 Å². The summed E-state index contributed by atoms with van der Waals surface area (Å²) in [5, 5.41) is 2.54. The molecule has 21 heavy (non-hydrogen) atoms. The summed E-state index contributed by atoms with van der Waals surface area (Å²) in [6, 6.07) is 2.79. The Kier molecular flexibility index (Phi) is 4.85. The molecule has 0 aliphatic carbocycles. The summed E-state index contributed by atoms with van der Waals surface area (Å²) in [5.41, 5.74) is 0.00671. The first-order valence-corrected chi connectivity index (χ1v) is 6.68. The minimum absolute atomic E-state index is 0.00671. The van der Waals surface area contributed by atoms with Gasteiger partial charge < -0.3 is 10.2 Å². The lowest BCUT2D eigenvalue weighted by Crippen LogP contribution is -2.50. The molecular weight excluding hydrogens is 280 g/mol. The number of hydrogen-bond donors (Lipinski definition) is 1. The number of carbonyl (C=O) groups is 2. The summed E-state index contributed by atoms with van der Waals surface area (Å²) in [7, 11) is 1.57. The second-order valence-corrected chi connectivity index (χ2v) is 4.90. The molecule has 1 saturated heterocycles. The zero-order chi connectivity index (χ0) is 15.4. The van der Waals surface area contributed by atoms with Crippen LogP contribution >= 0.6 is 0 Å². The second kappa shape index (κ2) is 6.62. The van der Waals surface area contributed by atoms with Gasteiger partial charge in [0, 0.05) is 44.9 Å². The lowest BCUT2D eigenvalue weighted by atomic mass is 10.1. The number of rotatable bonds is 3. The van der Waals surface area contributed by atoms with Gasteiger partial charge in [0.05, 0.1) is 6.54 Å². The van der Waals surface area contributed by atoms with E-state index >= 15 is 0 Å². The quantitative estimate of drug-likeness (QED) is 0.882. The molecule has 2 amide bonds. The third kappa shape index (κ3) is 3.98. The molecule has 2 rings (SSSR count). The maximum Gasteiger partial charge on any atom is 0.254 e. The molecule has 0 radical (unpaired) electrons. The summed E-state index contributed by atoms with van der Waals surface area (Å²) < 4.78 is 26.3. The Morgan fingerprint density at radius 2 is 1.67 bits per heavy atom. The first kappa shape index (κ1) is 15.4. The predicted molar refractivity (Wildman–Crippen MR) is 72.8 cm³/mol. The van der Waals surface area contributed by atoms with Gasteiger partial charge in [-0.2, -0.15) is 0 Å². The van der Waals surface area contributed by atoms with Crippen LogP contribution in [0.15, 0.2) is 18.2 Å². The Labute approximate surface area is 121 Å². The highest BCUT2D eigenvalue weighted by Gasteiger charge is 2.23. The van der Waals surface area contributed by atoms with E-state index in [1.807, 2.05) is 4.90 Å². The van der Waals surface area contributed by atoms with Crippen molar-refractivity contribution in [2.24, 2.45) is 0 Å². The minimum Gasteiger partial charge on any atom is -0.358 e. The average Bonchev–Trinajstić information content (AvgIpc) is 2.46. The summed E-state index contributed by atoms with van der Waals surface area (Å²) in [6.45, 7) is 2.24. The molecule has 1 aromatic carbocycles. The molecule has 1 heterocycles. The number of nitrogens with zero attached hydrogens (tertiary/aromatic N) is 2. The van der Waals surface area contributed by atoms with E-state index < -0.39 is 17.5 Å². The number of nitrogens with one attached hydrogen (secondary N) is 1. The van der Waals surface area contributed by atoms with Crippen LogP contribution in [0.1, 0.15) is 10.4 Å². The largest absolute Gasteiger partial charge is 0.358 e. The minimum atomic E-state index is -0.767. The topological polar surface area (TPSA) is 52.7 Å². The lowest BCUT2D eigenvalue weighted by molar-refractivity contribution is -0.122. The van der Waals surface area contributed by atoms with Crippen molar-refractivity contribution in [3.63, 3.8) is 0 Å². The zero-order valence-electron chi connectivity index (χ0n) is 11.7. The van der Waals surface area contributed by atoms with E-state index in [0.29, 0.717) is 26.2 Å². The van der Waals surface area contributed by atoms with Crippen molar-refractivity contribution in [1.29, 1.82) is 0 Å². The van der Waals surface area contributed by atoms with Crippen LogP contribution in [0.3, 0.4) is 0 Å².